The average molecular weight is 296 g/mol. The van der Waals surface area contributed by atoms with Crippen molar-refractivity contribution in [2.24, 2.45) is 5.41 Å². The molecule has 0 aromatic heterocycles. The molecule has 1 aliphatic carbocycles. The van der Waals surface area contributed by atoms with Crippen molar-refractivity contribution in [1.82, 2.24) is 10.2 Å². The lowest BCUT2D eigenvalue weighted by atomic mass is 9.91. The van der Waals surface area contributed by atoms with Crippen LogP contribution in [0.25, 0.3) is 5.57 Å². The third-order valence-corrected chi connectivity index (χ3v) is 5.61. The largest absolute Gasteiger partial charge is 0.337 e. The minimum atomic E-state index is 0.0536. The molecule has 2 heterocycles. The van der Waals surface area contributed by atoms with Crippen LogP contribution >= 0.6 is 0 Å². The summed E-state index contributed by atoms with van der Waals surface area (Å²) in [4.78, 5) is 14.7. The topological polar surface area (TPSA) is 32.3 Å². The van der Waals surface area contributed by atoms with Crippen molar-refractivity contribution in [2.75, 3.05) is 19.6 Å². The van der Waals surface area contributed by atoms with Gasteiger partial charge in [0.05, 0.1) is 6.04 Å². The van der Waals surface area contributed by atoms with Gasteiger partial charge in [-0.15, -0.1) is 0 Å². The van der Waals surface area contributed by atoms with Crippen molar-refractivity contribution in [3.8, 4) is 0 Å². The van der Waals surface area contributed by atoms with Crippen molar-refractivity contribution in [2.45, 2.75) is 38.1 Å². The highest BCUT2D eigenvalue weighted by Crippen LogP contribution is 2.51. The maximum atomic E-state index is 12.7. The second-order valence-electron chi connectivity index (χ2n) is 7.10. The van der Waals surface area contributed by atoms with E-state index in [4.69, 9.17) is 0 Å². The van der Waals surface area contributed by atoms with Crippen LogP contribution in [0.4, 0.5) is 0 Å². The van der Waals surface area contributed by atoms with Crippen LogP contribution in [-0.2, 0) is 4.79 Å². The number of benzene rings is 1. The molecule has 3 nitrogen and oxygen atoms in total. The van der Waals surface area contributed by atoms with Gasteiger partial charge in [0.1, 0.15) is 0 Å². The lowest BCUT2D eigenvalue weighted by molar-refractivity contribution is -0.133. The molecule has 1 aromatic rings. The van der Waals surface area contributed by atoms with Crippen LogP contribution in [0.2, 0.25) is 0 Å². The highest BCUT2D eigenvalue weighted by molar-refractivity contribution is 5.83. The Bertz CT molecular complexity index is 579. The Labute approximate surface area is 132 Å². The van der Waals surface area contributed by atoms with Crippen molar-refractivity contribution in [1.29, 1.82) is 0 Å². The fourth-order valence-corrected chi connectivity index (χ4v) is 3.80. The van der Waals surface area contributed by atoms with E-state index >= 15 is 0 Å². The van der Waals surface area contributed by atoms with Crippen LogP contribution in [0.3, 0.4) is 0 Å². The fourth-order valence-electron chi connectivity index (χ4n) is 3.80. The SMILES string of the molecule is O=C([C@@H]1CCC2(CC2)CN1)N1CC=C(c2ccccc2)CC1. The van der Waals surface area contributed by atoms with Gasteiger partial charge in [-0.3, -0.25) is 4.79 Å². The first-order valence-corrected chi connectivity index (χ1v) is 8.52. The Morgan fingerprint density at radius 1 is 1.18 bits per heavy atom. The predicted octanol–water partition coefficient (Wildman–Crippen LogP) is 2.83. The normalized spacial score (nSPS) is 26.6. The fraction of sp³-hybridized carbons (Fsp3) is 0.526. The molecule has 22 heavy (non-hydrogen) atoms. The smallest absolute Gasteiger partial charge is 0.239 e. The third-order valence-electron chi connectivity index (χ3n) is 5.61. The molecular formula is C19H24N2O. The predicted molar refractivity (Wildman–Crippen MR) is 88.3 cm³/mol. The van der Waals surface area contributed by atoms with Gasteiger partial charge in [-0.2, -0.15) is 0 Å². The summed E-state index contributed by atoms with van der Waals surface area (Å²) in [5, 5.41) is 3.50. The summed E-state index contributed by atoms with van der Waals surface area (Å²) in [6.45, 7) is 2.65. The summed E-state index contributed by atoms with van der Waals surface area (Å²) in [6, 6.07) is 10.6. The summed E-state index contributed by atoms with van der Waals surface area (Å²) in [5.41, 5.74) is 3.23. The number of carbonyl (C=O) groups is 1. The summed E-state index contributed by atoms with van der Waals surface area (Å²) < 4.78 is 0. The van der Waals surface area contributed by atoms with Crippen molar-refractivity contribution in [3.05, 3.63) is 42.0 Å². The van der Waals surface area contributed by atoms with E-state index in [2.05, 4.69) is 35.7 Å². The molecule has 1 atom stereocenters. The van der Waals surface area contributed by atoms with Gasteiger partial charge in [-0.1, -0.05) is 36.4 Å². The Morgan fingerprint density at radius 3 is 2.59 bits per heavy atom. The molecule has 3 aliphatic rings. The van der Waals surface area contributed by atoms with Gasteiger partial charge in [0.15, 0.2) is 0 Å². The van der Waals surface area contributed by atoms with Gasteiger partial charge >= 0.3 is 0 Å². The number of nitrogens with one attached hydrogen (secondary N) is 1. The van der Waals surface area contributed by atoms with Gasteiger partial charge in [0.25, 0.3) is 0 Å². The molecule has 1 N–H and O–H groups in total. The minimum absolute atomic E-state index is 0.0536. The van der Waals surface area contributed by atoms with Crippen LogP contribution in [0.5, 0.6) is 0 Å². The van der Waals surface area contributed by atoms with E-state index in [1.807, 2.05) is 11.0 Å². The summed E-state index contributed by atoms with van der Waals surface area (Å²) in [6.07, 6.45) is 8.15. The summed E-state index contributed by atoms with van der Waals surface area (Å²) >= 11 is 0. The lowest BCUT2D eigenvalue weighted by Gasteiger charge is -2.34. The molecule has 4 rings (SSSR count). The Balaban J connectivity index is 1.36. The number of hydrogen-bond acceptors (Lipinski definition) is 2. The molecule has 1 amide bonds. The zero-order valence-corrected chi connectivity index (χ0v) is 13.1. The van der Waals surface area contributed by atoms with Crippen LogP contribution in [0.1, 0.15) is 37.7 Å². The maximum Gasteiger partial charge on any atom is 0.239 e. The van der Waals surface area contributed by atoms with Crippen LogP contribution in [0, 0.1) is 5.41 Å². The molecule has 2 aliphatic heterocycles. The quantitative estimate of drug-likeness (QED) is 0.910. The molecular weight excluding hydrogens is 272 g/mol. The third kappa shape index (κ3) is 2.70. The number of hydrogen-bond donors (Lipinski definition) is 1. The molecule has 1 aromatic carbocycles. The molecule has 0 radical (unpaired) electrons. The molecule has 3 heteroatoms. The number of carbonyl (C=O) groups excluding carboxylic acids is 1. The van der Waals surface area contributed by atoms with Crippen LogP contribution in [-0.4, -0.2) is 36.5 Å². The number of nitrogens with zero attached hydrogens (tertiary/aromatic N) is 1. The number of piperidine rings is 1. The van der Waals surface area contributed by atoms with Gasteiger partial charge in [0.2, 0.25) is 5.91 Å². The van der Waals surface area contributed by atoms with E-state index in [-0.39, 0.29) is 6.04 Å². The van der Waals surface area contributed by atoms with E-state index in [1.54, 1.807) is 0 Å². The molecule has 0 unspecified atom stereocenters. The molecule has 0 bridgehead atoms. The van der Waals surface area contributed by atoms with Gasteiger partial charge in [0, 0.05) is 19.6 Å². The Morgan fingerprint density at radius 2 is 2.00 bits per heavy atom. The van der Waals surface area contributed by atoms with E-state index in [9.17, 15) is 4.79 Å². The lowest BCUT2D eigenvalue weighted by Crippen LogP contribution is -2.51. The second-order valence-corrected chi connectivity index (χ2v) is 7.10. The van der Waals surface area contributed by atoms with E-state index in [0.717, 1.165) is 32.5 Å². The highest BCUT2D eigenvalue weighted by atomic mass is 16.2. The van der Waals surface area contributed by atoms with E-state index in [0.29, 0.717) is 11.3 Å². The average Bonchev–Trinajstić information content (AvgIpc) is 3.35. The zero-order chi connectivity index (χ0) is 15.0. The summed E-state index contributed by atoms with van der Waals surface area (Å²) in [5.74, 6) is 0.305. The minimum Gasteiger partial charge on any atom is -0.337 e. The van der Waals surface area contributed by atoms with Crippen LogP contribution in [0.15, 0.2) is 36.4 Å². The number of amides is 1. The van der Waals surface area contributed by atoms with Crippen molar-refractivity contribution < 1.29 is 4.79 Å². The van der Waals surface area contributed by atoms with E-state index < -0.39 is 0 Å². The maximum absolute atomic E-state index is 12.7. The molecule has 1 saturated carbocycles. The molecule has 2 fully saturated rings. The van der Waals surface area contributed by atoms with Crippen molar-refractivity contribution >= 4 is 11.5 Å². The zero-order valence-electron chi connectivity index (χ0n) is 13.1. The van der Waals surface area contributed by atoms with E-state index in [1.165, 1.54) is 30.4 Å². The van der Waals surface area contributed by atoms with Gasteiger partial charge in [-0.25, -0.2) is 0 Å². The monoisotopic (exact) mass is 296 g/mol. The standard InChI is InChI=1S/C19H24N2O/c22-18(17-6-9-19(10-11-19)14-20-17)21-12-7-16(8-13-21)15-4-2-1-3-5-15/h1-5,7,17,20H,6,8-14H2/t17-/m0/s1. The van der Waals surface area contributed by atoms with Gasteiger partial charge in [-0.05, 0) is 48.7 Å². The first-order valence-electron chi connectivity index (χ1n) is 8.52. The molecule has 116 valence electrons. The first-order chi connectivity index (χ1) is 10.8. The highest BCUT2D eigenvalue weighted by Gasteiger charge is 2.46. The first kappa shape index (κ1) is 14.0. The Kier molecular flexibility index (Phi) is 3.53. The molecule has 1 saturated heterocycles. The summed E-state index contributed by atoms with van der Waals surface area (Å²) in [7, 11) is 0. The second kappa shape index (κ2) is 5.54. The Hall–Kier alpha value is -1.61. The number of rotatable bonds is 2. The van der Waals surface area contributed by atoms with Crippen LogP contribution < -0.4 is 5.32 Å². The van der Waals surface area contributed by atoms with Crippen molar-refractivity contribution in [3.63, 3.8) is 0 Å². The van der Waals surface area contributed by atoms with Gasteiger partial charge < -0.3 is 10.2 Å². The molecule has 1 spiro atoms.